The van der Waals surface area contributed by atoms with Crippen LogP contribution in [-0.2, 0) is 26.4 Å². The fourth-order valence-electron chi connectivity index (χ4n) is 4.13. The van der Waals surface area contributed by atoms with Crippen LogP contribution in [0.4, 0.5) is 0 Å². The Bertz CT molecular complexity index is 1450. The Balaban J connectivity index is 2.41. The highest BCUT2D eigenvalue weighted by molar-refractivity contribution is 7.20. The van der Waals surface area contributed by atoms with E-state index in [1.54, 1.807) is 19.9 Å². The topological polar surface area (TPSA) is 126 Å². The number of aromatic nitrogens is 2. The van der Waals surface area contributed by atoms with Crippen LogP contribution < -0.4 is 16.0 Å². The molecule has 37 heavy (non-hydrogen) atoms. The number of carboxylic acid groups (broad SMARTS) is 1. The summed E-state index contributed by atoms with van der Waals surface area (Å²) < 4.78 is 18.9. The Hall–Kier alpha value is -3.44. The van der Waals surface area contributed by atoms with Gasteiger partial charge in [-0.2, -0.15) is 0 Å². The monoisotopic (exact) mass is 532 g/mol. The van der Waals surface area contributed by atoms with Gasteiger partial charge >= 0.3 is 17.6 Å². The summed E-state index contributed by atoms with van der Waals surface area (Å²) in [4.78, 5) is 52.6. The molecule has 10 nitrogen and oxygen atoms in total. The fraction of sp³-hybridized carbons (Fsp3) is 0.462. The van der Waals surface area contributed by atoms with Gasteiger partial charge < -0.3 is 19.3 Å². The second kappa shape index (κ2) is 10.9. The Kier molecular flexibility index (Phi) is 8.28. The van der Waals surface area contributed by atoms with Crippen molar-refractivity contribution in [3.05, 3.63) is 61.1 Å². The normalized spacial score (nSPS) is 12.6. The predicted octanol–water partition coefficient (Wildman–Crippen LogP) is 3.70. The molecule has 0 spiro atoms. The van der Waals surface area contributed by atoms with Gasteiger partial charge in [-0.3, -0.25) is 9.36 Å². The number of ether oxygens (including phenoxy) is 3. The van der Waals surface area contributed by atoms with Gasteiger partial charge in [-0.25, -0.2) is 19.0 Å². The number of hydrogen-bond donors (Lipinski definition) is 1. The number of benzene rings is 1. The second-order valence-corrected chi connectivity index (χ2v) is 10.3. The molecule has 0 amide bonds. The summed E-state index contributed by atoms with van der Waals surface area (Å²) in [7, 11) is 1.53. The van der Waals surface area contributed by atoms with Crippen molar-refractivity contribution in [1.82, 2.24) is 9.13 Å². The van der Waals surface area contributed by atoms with Gasteiger partial charge in [0, 0.05) is 5.56 Å². The van der Waals surface area contributed by atoms with Crippen molar-refractivity contribution in [3.8, 4) is 5.75 Å². The molecule has 0 aliphatic heterocycles. The van der Waals surface area contributed by atoms with E-state index in [-0.39, 0.29) is 34.3 Å². The maximum Gasteiger partial charge on any atom is 0.348 e. The number of nitrogens with zero attached hydrogens (tertiary/aromatic N) is 2. The molecule has 0 bridgehead atoms. The molecule has 2 heterocycles. The van der Waals surface area contributed by atoms with Crippen molar-refractivity contribution in [2.24, 2.45) is 0 Å². The summed E-state index contributed by atoms with van der Waals surface area (Å²) in [5.41, 5.74) is -2.47. The molecule has 0 saturated heterocycles. The van der Waals surface area contributed by atoms with Gasteiger partial charge in [0.15, 0.2) is 0 Å². The third-order valence-electron chi connectivity index (χ3n) is 6.03. The molecule has 0 unspecified atom stereocenters. The van der Waals surface area contributed by atoms with Crippen LogP contribution in [0.2, 0.25) is 0 Å². The number of carboxylic acids is 1. The molecule has 0 saturated carbocycles. The summed E-state index contributed by atoms with van der Waals surface area (Å²) in [6.45, 7) is 9.59. The number of esters is 1. The van der Waals surface area contributed by atoms with Crippen LogP contribution in [0, 0.1) is 6.92 Å². The van der Waals surface area contributed by atoms with Crippen molar-refractivity contribution >= 4 is 33.5 Å². The molecule has 0 aliphatic carbocycles. The van der Waals surface area contributed by atoms with Crippen LogP contribution >= 0.6 is 11.3 Å². The number of rotatable bonds is 10. The SMILES string of the molecule is CCOC(=O)c1sc2c(c1C)c(=O)n(C(C)(C)C(=O)O)c(=O)n2C[C@H](OC(C)C)c1ccccc1OC. The van der Waals surface area contributed by atoms with Gasteiger partial charge in [-0.15, -0.1) is 11.3 Å². The molecule has 1 N–H and O–H groups in total. The van der Waals surface area contributed by atoms with Crippen molar-refractivity contribution < 1.29 is 28.9 Å². The van der Waals surface area contributed by atoms with Gasteiger partial charge in [-0.1, -0.05) is 18.2 Å². The molecule has 3 rings (SSSR count). The van der Waals surface area contributed by atoms with Crippen molar-refractivity contribution in [3.63, 3.8) is 0 Å². The number of aryl methyl sites for hydroxylation is 1. The zero-order valence-electron chi connectivity index (χ0n) is 22.0. The molecule has 0 aliphatic rings. The van der Waals surface area contributed by atoms with E-state index in [1.165, 1.54) is 25.5 Å². The minimum absolute atomic E-state index is 0.0634. The first-order valence-corrected chi connectivity index (χ1v) is 12.7. The molecule has 3 aromatic rings. The molecule has 2 aromatic heterocycles. The van der Waals surface area contributed by atoms with E-state index in [0.717, 1.165) is 15.9 Å². The molecular formula is C26H32N2O8S. The first kappa shape index (κ1) is 28.1. The first-order valence-electron chi connectivity index (χ1n) is 11.8. The molecule has 1 atom stereocenters. The van der Waals surface area contributed by atoms with Crippen molar-refractivity contribution in [1.29, 1.82) is 0 Å². The fourth-order valence-corrected chi connectivity index (χ4v) is 5.32. The summed E-state index contributed by atoms with van der Waals surface area (Å²) in [5, 5.41) is 9.95. The van der Waals surface area contributed by atoms with Crippen LogP contribution in [0.5, 0.6) is 5.75 Å². The third-order valence-corrected chi connectivity index (χ3v) is 7.32. The minimum Gasteiger partial charge on any atom is -0.496 e. The third kappa shape index (κ3) is 5.19. The van der Waals surface area contributed by atoms with E-state index in [1.807, 2.05) is 32.0 Å². The summed E-state index contributed by atoms with van der Waals surface area (Å²) in [6, 6.07) is 7.21. The zero-order valence-corrected chi connectivity index (χ0v) is 22.8. The first-order chi connectivity index (χ1) is 17.4. The van der Waals surface area contributed by atoms with E-state index in [9.17, 15) is 24.3 Å². The van der Waals surface area contributed by atoms with E-state index < -0.39 is 34.8 Å². The number of fused-ring (bicyclic) bond motifs is 1. The maximum atomic E-state index is 13.8. The van der Waals surface area contributed by atoms with E-state index >= 15 is 0 Å². The molecule has 1 aromatic carbocycles. The minimum atomic E-state index is -1.86. The van der Waals surface area contributed by atoms with Crippen molar-refractivity contribution in [2.75, 3.05) is 13.7 Å². The summed E-state index contributed by atoms with van der Waals surface area (Å²) in [6.07, 6.45) is -0.924. The summed E-state index contributed by atoms with van der Waals surface area (Å²) >= 11 is 0.962. The highest BCUT2D eigenvalue weighted by Gasteiger charge is 2.36. The highest BCUT2D eigenvalue weighted by Crippen LogP contribution is 2.33. The lowest BCUT2D eigenvalue weighted by Crippen LogP contribution is -2.52. The van der Waals surface area contributed by atoms with E-state index in [2.05, 4.69) is 0 Å². The smallest absolute Gasteiger partial charge is 0.348 e. The molecule has 200 valence electrons. The molecule has 0 fully saturated rings. The predicted molar refractivity (Wildman–Crippen MR) is 140 cm³/mol. The zero-order chi connectivity index (χ0) is 27.7. The Morgan fingerprint density at radius 2 is 1.81 bits per heavy atom. The Morgan fingerprint density at radius 1 is 1.16 bits per heavy atom. The van der Waals surface area contributed by atoms with Crippen LogP contribution in [0.15, 0.2) is 33.9 Å². The average Bonchev–Trinajstić information content (AvgIpc) is 3.18. The Morgan fingerprint density at radius 3 is 2.38 bits per heavy atom. The van der Waals surface area contributed by atoms with Gasteiger partial charge in [0.1, 0.15) is 27.1 Å². The Labute approximate surface area is 218 Å². The largest absolute Gasteiger partial charge is 0.496 e. The number of hydrogen-bond acceptors (Lipinski definition) is 8. The number of thiophene rings is 1. The molecule has 11 heteroatoms. The van der Waals surface area contributed by atoms with Crippen LogP contribution in [0.1, 0.15) is 61.5 Å². The van der Waals surface area contributed by atoms with Gasteiger partial charge in [-0.05, 0) is 53.2 Å². The molecule has 0 radical (unpaired) electrons. The van der Waals surface area contributed by atoms with Gasteiger partial charge in [0.25, 0.3) is 5.56 Å². The van der Waals surface area contributed by atoms with Crippen molar-refractivity contribution in [2.45, 2.75) is 65.8 Å². The van der Waals surface area contributed by atoms with Crippen LogP contribution in [-0.4, -0.2) is 46.0 Å². The van der Waals surface area contributed by atoms with E-state index in [4.69, 9.17) is 14.2 Å². The average molecular weight is 533 g/mol. The van der Waals surface area contributed by atoms with Crippen LogP contribution in [0.3, 0.4) is 0 Å². The number of para-hydroxylation sites is 1. The second-order valence-electron chi connectivity index (χ2n) is 9.27. The lowest BCUT2D eigenvalue weighted by Gasteiger charge is -2.26. The lowest BCUT2D eigenvalue weighted by molar-refractivity contribution is -0.146. The summed E-state index contributed by atoms with van der Waals surface area (Å²) in [5.74, 6) is -1.43. The number of methoxy groups -OCH3 is 1. The van der Waals surface area contributed by atoms with E-state index in [0.29, 0.717) is 16.9 Å². The van der Waals surface area contributed by atoms with Gasteiger partial charge in [0.2, 0.25) is 0 Å². The number of aliphatic carboxylic acids is 1. The standard InChI is InChI=1S/C26H32N2O8S/c1-8-35-23(30)20-15(4)19-21(29)28(26(5,6)24(31)32)25(33)27(22(19)37-20)13-18(36-14(2)3)16-11-9-10-12-17(16)34-7/h9-12,14,18H,8,13H2,1-7H3,(H,31,32)/t18-/m0/s1. The van der Waals surface area contributed by atoms with Crippen LogP contribution in [0.25, 0.3) is 10.2 Å². The number of carbonyl (C=O) groups is 2. The highest BCUT2D eigenvalue weighted by atomic mass is 32.1. The quantitative estimate of drug-likeness (QED) is 0.392. The number of carbonyl (C=O) groups excluding carboxylic acids is 1. The molecular weight excluding hydrogens is 500 g/mol. The lowest BCUT2D eigenvalue weighted by atomic mass is 10.1. The maximum absolute atomic E-state index is 13.8. The van der Waals surface area contributed by atoms with Gasteiger partial charge in [0.05, 0.1) is 31.8 Å².